The fourth-order valence-corrected chi connectivity index (χ4v) is 2.77. The second-order valence-electron chi connectivity index (χ2n) is 5.73. The molecule has 0 aromatic rings. The smallest absolute Gasteiger partial charge is 0.317 e. The molecular weight excluding hydrogens is 256 g/mol. The maximum Gasteiger partial charge on any atom is 0.317 e. The molecule has 5 nitrogen and oxygen atoms in total. The van der Waals surface area contributed by atoms with Gasteiger partial charge in [-0.15, -0.1) is 0 Å². The first kappa shape index (κ1) is 17.0. The van der Waals surface area contributed by atoms with Crippen LogP contribution in [-0.4, -0.2) is 48.1 Å². The SMILES string of the molecule is CCCN(CCC(=O)NCC1CCCCC1)CC(=O)O. The third kappa shape index (κ3) is 7.48. The monoisotopic (exact) mass is 284 g/mol. The zero-order valence-corrected chi connectivity index (χ0v) is 12.6. The Kier molecular flexibility index (Phi) is 8.26. The summed E-state index contributed by atoms with van der Waals surface area (Å²) in [6, 6.07) is 0. The number of aliphatic carboxylic acids is 1. The van der Waals surface area contributed by atoms with Crippen LogP contribution in [0.5, 0.6) is 0 Å². The van der Waals surface area contributed by atoms with Crippen molar-refractivity contribution in [1.82, 2.24) is 10.2 Å². The summed E-state index contributed by atoms with van der Waals surface area (Å²) >= 11 is 0. The number of carboxylic acids is 1. The van der Waals surface area contributed by atoms with Crippen LogP contribution in [0.25, 0.3) is 0 Å². The molecule has 0 spiro atoms. The second kappa shape index (κ2) is 9.75. The molecule has 1 amide bonds. The average molecular weight is 284 g/mol. The molecule has 1 aliphatic rings. The minimum atomic E-state index is -0.832. The first-order valence-corrected chi connectivity index (χ1v) is 7.82. The molecule has 0 atom stereocenters. The summed E-state index contributed by atoms with van der Waals surface area (Å²) < 4.78 is 0. The van der Waals surface area contributed by atoms with Gasteiger partial charge in [0, 0.05) is 19.5 Å². The molecule has 0 aliphatic heterocycles. The van der Waals surface area contributed by atoms with E-state index in [9.17, 15) is 9.59 Å². The molecule has 1 fully saturated rings. The van der Waals surface area contributed by atoms with Gasteiger partial charge in [-0.1, -0.05) is 26.2 Å². The lowest BCUT2D eigenvalue weighted by Gasteiger charge is -2.22. The van der Waals surface area contributed by atoms with Gasteiger partial charge in [-0.05, 0) is 31.7 Å². The summed E-state index contributed by atoms with van der Waals surface area (Å²) in [5, 5.41) is 11.8. The van der Waals surface area contributed by atoms with E-state index in [-0.39, 0.29) is 12.5 Å². The number of carbonyl (C=O) groups excluding carboxylic acids is 1. The van der Waals surface area contributed by atoms with Crippen molar-refractivity contribution in [3.63, 3.8) is 0 Å². The van der Waals surface area contributed by atoms with Crippen LogP contribution in [-0.2, 0) is 9.59 Å². The Balaban J connectivity index is 2.17. The number of rotatable bonds is 9. The molecule has 1 rings (SSSR count). The van der Waals surface area contributed by atoms with Crippen molar-refractivity contribution < 1.29 is 14.7 Å². The molecule has 1 saturated carbocycles. The number of nitrogens with one attached hydrogen (secondary N) is 1. The van der Waals surface area contributed by atoms with Crippen molar-refractivity contribution in [2.45, 2.75) is 51.9 Å². The van der Waals surface area contributed by atoms with E-state index in [4.69, 9.17) is 5.11 Å². The number of carbonyl (C=O) groups is 2. The summed E-state index contributed by atoms with van der Waals surface area (Å²) in [5.41, 5.74) is 0. The van der Waals surface area contributed by atoms with Gasteiger partial charge in [0.15, 0.2) is 0 Å². The number of hydrogen-bond acceptors (Lipinski definition) is 3. The quantitative estimate of drug-likeness (QED) is 0.678. The maximum atomic E-state index is 11.8. The first-order valence-electron chi connectivity index (χ1n) is 7.82. The normalized spacial score (nSPS) is 16.3. The first-order chi connectivity index (χ1) is 9.61. The number of amides is 1. The van der Waals surface area contributed by atoms with Crippen LogP contribution in [0.4, 0.5) is 0 Å². The van der Waals surface area contributed by atoms with Crippen molar-refractivity contribution in [2.24, 2.45) is 5.92 Å². The van der Waals surface area contributed by atoms with Gasteiger partial charge in [-0.2, -0.15) is 0 Å². The van der Waals surface area contributed by atoms with Crippen LogP contribution >= 0.6 is 0 Å². The Morgan fingerprint density at radius 2 is 1.90 bits per heavy atom. The molecule has 0 aromatic carbocycles. The Morgan fingerprint density at radius 3 is 2.50 bits per heavy atom. The lowest BCUT2D eigenvalue weighted by molar-refractivity contribution is -0.138. The summed E-state index contributed by atoms with van der Waals surface area (Å²) in [4.78, 5) is 24.3. The predicted octanol–water partition coefficient (Wildman–Crippen LogP) is 1.87. The fraction of sp³-hybridized carbons (Fsp3) is 0.867. The van der Waals surface area contributed by atoms with Crippen molar-refractivity contribution in [3.8, 4) is 0 Å². The Hall–Kier alpha value is -1.10. The summed E-state index contributed by atoms with van der Waals surface area (Å²) in [7, 11) is 0. The van der Waals surface area contributed by atoms with Gasteiger partial charge < -0.3 is 10.4 Å². The standard InChI is InChI=1S/C15H28N2O3/c1-2-9-17(12-15(19)20)10-8-14(18)16-11-13-6-4-3-5-7-13/h13H,2-12H2,1H3,(H,16,18)(H,19,20). The molecule has 0 unspecified atom stereocenters. The van der Waals surface area contributed by atoms with Gasteiger partial charge in [-0.25, -0.2) is 0 Å². The zero-order valence-electron chi connectivity index (χ0n) is 12.6. The van der Waals surface area contributed by atoms with Crippen molar-refractivity contribution in [2.75, 3.05) is 26.2 Å². The predicted molar refractivity (Wildman–Crippen MR) is 78.6 cm³/mol. The molecule has 1 aliphatic carbocycles. The van der Waals surface area contributed by atoms with Crippen LogP contribution in [0.2, 0.25) is 0 Å². The topological polar surface area (TPSA) is 69.6 Å². The maximum absolute atomic E-state index is 11.8. The van der Waals surface area contributed by atoms with Crippen LogP contribution in [0.3, 0.4) is 0 Å². The highest BCUT2D eigenvalue weighted by Gasteiger charge is 2.15. The Morgan fingerprint density at radius 1 is 1.20 bits per heavy atom. The Labute approximate surface area is 121 Å². The van der Waals surface area contributed by atoms with E-state index in [1.165, 1.54) is 32.1 Å². The largest absolute Gasteiger partial charge is 0.480 e. The van der Waals surface area contributed by atoms with Gasteiger partial charge in [-0.3, -0.25) is 14.5 Å². The number of carboxylic acid groups (broad SMARTS) is 1. The van der Waals surface area contributed by atoms with E-state index in [1.54, 1.807) is 0 Å². The third-order valence-corrected chi connectivity index (χ3v) is 3.87. The van der Waals surface area contributed by atoms with Crippen LogP contribution in [0, 0.1) is 5.92 Å². The zero-order chi connectivity index (χ0) is 14.8. The van der Waals surface area contributed by atoms with Crippen LogP contribution in [0.15, 0.2) is 0 Å². The molecule has 0 bridgehead atoms. The number of nitrogens with zero attached hydrogens (tertiary/aromatic N) is 1. The summed E-state index contributed by atoms with van der Waals surface area (Å²) in [6.07, 6.45) is 7.62. The highest BCUT2D eigenvalue weighted by Crippen LogP contribution is 2.22. The lowest BCUT2D eigenvalue weighted by Crippen LogP contribution is -2.36. The van der Waals surface area contributed by atoms with E-state index in [1.807, 2.05) is 11.8 Å². The van der Waals surface area contributed by atoms with Gasteiger partial charge in [0.05, 0.1) is 6.54 Å². The minimum Gasteiger partial charge on any atom is -0.480 e. The second-order valence-corrected chi connectivity index (χ2v) is 5.73. The molecule has 20 heavy (non-hydrogen) atoms. The Bertz CT molecular complexity index is 301. The van der Waals surface area contributed by atoms with Gasteiger partial charge >= 0.3 is 5.97 Å². The average Bonchev–Trinajstić information content (AvgIpc) is 2.43. The molecule has 0 radical (unpaired) electrons. The summed E-state index contributed by atoms with van der Waals surface area (Å²) in [5.74, 6) is -0.151. The van der Waals surface area contributed by atoms with E-state index < -0.39 is 5.97 Å². The molecule has 0 heterocycles. The van der Waals surface area contributed by atoms with E-state index in [2.05, 4.69) is 5.32 Å². The van der Waals surface area contributed by atoms with Crippen LogP contribution < -0.4 is 5.32 Å². The minimum absolute atomic E-state index is 0.0176. The van der Waals surface area contributed by atoms with E-state index in [0.717, 1.165) is 19.5 Å². The van der Waals surface area contributed by atoms with Crippen molar-refractivity contribution in [3.05, 3.63) is 0 Å². The molecule has 0 saturated heterocycles. The van der Waals surface area contributed by atoms with E-state index >= 15 is 0 Å². The van der Waals surface area contributed by atoms with E-state index in [0.29, 0.717) is 18.9 Å². The third-order valence-electron chi connectivity index (χ3n) is 3.87. The number of hydrogen-bond donors (Lipinski definition) is 2. The highest BCUT2D eigenvalue weighted by molar-refractivity contribution is 5.76. The fourth-order valence-electron chi connectivity index (χ4n) is 2.77. The van der Waals surface area contributed by atoms with Gasteiger partial charge in [0.1, 0.15) is 0 Å². The molecule has 2 N–H and O–H groups in total. The van der Waals surface area contributed by atoms with Gasteiger partial charge in [0.25, 0.3) is 0 Å². The molecule has 5 heteroatoms. The molecule has 0 aromatic heterocycles. The van der Waals surface area contributed by atoms with Crippen LogP contribution in [0.1, 0.15) is 51.9 Å². The molecule has 116 valence electrons. The lowest BCUT2D eigenvalue weighted by atomic mass is 9.89. The highest BCUT2D eigenvalue weighted by atomic mass is 16.4. The summed E-state index contributed by atoms with van der Waals surface area (Å²) in [6.45, 7) is 4.06. The molecular formula is C15H28N2O3. The van der Waals surface area contributed by atoms with Gasteiger partial charge in [0.2, 0.25) is 5.91 Å². The van der Waals surface area contributed by atoms with Crippen molar-refractivity contribution >= 4 is 11.9 Å². The van der Waals surface area contributed by atoms with Crippen molar-refractivity contribution in [1.29, 1.82) is 0 Å².